The van der Waals surface area contributed by atoms with E-state index in [1.807, 2.05) is 0 Å². The Morgan fingerprint density at radius 3 is 2.36 bits per heavy atom. The van der Waals surface area contributed by atoms with Crippen molar-refractivity contribution in [1.82, 2.24) is 9.97 Å². The van der Waals surface area contributed by atoms with E-state index < -0.39 is 38.5 Å². The highest BCUT2D eigenvalue weighted by Crippen LogP contribution is 2.32. The van der Waals surface area contributed by atoms with Crippen molar-refractivity contribution in [3.63, 3.8) is 0 Å². The van der Waals surface area contributed by atoms with E-state index in [-0.39, 0.29) is 28.8 Å². The molecule has 0 aliphatic rings. The Bertz CT molecular complexity index is 2010. The van der Waals surface area contributed by atoms with Crippen LogP contribution in [0.2, 0.25) is 5.02 Å². The molecule has 5 rings (SSSR count). The number of carbonyl (C=O) groups excluding carboxylic acids is 3. The van der Waals surface area contributed by atoms with Crippen LogP contribution < -0.4 is 10.6 Å². The highest BCUT2D eigenvalue weighted by Gasteiger charge is 2.27. The molecule has 0 bridgehead atoms. The molecule has 224 valence electrons. The van der Waals surface area contributed by atoms with Crippen molar-refractivity contribution in [2.45, 2.75) is 24.8 Å². The van der Waals surface area contributed by atoms with Crippen molar-refractivity contribution in [1.29, 1.82) is 0 Å². The van der Waals surface area contributed by atoms with Gasteiger partial charge in [0.15, 0.2) is 5.69 Å². The van der Waals surface area contributed by atoms with Gasteiger partial charge in [-0.15, -0.1) is 0 Å². The molecule has 44 heavy (non-hydrogen) atoms. The molecular formula is C31H25ClN4O7S. The Hall–Kier alpha value is -5.07. The molecular weight excluding hydrogens is 608 g/mol. The molecule has 0 atom stereocenters. The summed E-state index contributed by atoms with van der Waals surface area (Å²) >= 11 is 6.23. The number of amides is 2. The lowest BCUT2D eigenvalue weighted by Gasteiger charge is -2.10. The van der Waals surface area contributed by atoms with Gasteiger partial charge < -0.3 is 19.8 Å². The topological polar surface area (TPSA) is 158 Å². The number of para-hydroxylation sites is 1. The summed E-state index contributed by atoms with van der Waals surface area (Å²) in [6.07, 6.45) is 1.04. The van der Waals surface area contributed by atoms with E-state index in [0.29, 0.717) is 27.8 Å². The molecule has 0 radical (unpaired) electrons. The van der Waals surface area contributed by atoms with Crippen molar-refractivity contribution in [2.24, 2.45) is 0 Å². The number of nitrogens with one attached hydrogen (secondary N) is 2. The lowest BCUT2D eigenvalue weighted by atomic mass is 10.1. The van der Waals surface area contributed by atoms with Crippen LogP contribution in [0.15, 0.2) is 88.6 Å². The number of ether oxygens (including phenoxy) is 1. The summed E-state index contributed by atoms with van der Waals surface area (Å²) in [4.78, 5) is 46.6. The van der Waals surface area contributed by atoms with Crippen LogP contribution in [0.25, 0.3) is 11.0 Å². The standard InChI is InChI=1S/C31H25ClN4O7S/c1-3-42-30(39)19-12-14-21(15-13-19)34-29(38)27-25(22-10-6-7-11-24(22)43-27)35-28(37)26-23(32)16-33-31(36-26)44(40,41)17-20-9-5-4-8-18(20)2/h4-16H,3,17H2,1-2H3,(H,34,38)(H,35,37). The maximum absolute atomic E-state index is 13.5. The second kappa shape index (κ2) is 12.7. The number of halogens is 1. The predicted molar refractivity (Wildman–Crippen MR) is 164 cm³/mol. The Morgan fingerprint density at radius 1 is 0.932 bits per heavy atom. The molecule has 3 aromatic carbocycles. The molecule has 2 heterocycles. The fourth-order valence-corrected chi connectivity index (χ4v) is 5.78. The molecule has 0 unspecified atom stereocenters. The number of hydrogen-bond acceptors (Lipinski definition) is 9. The Labute approximate surface area is 257 Å². The summed E-state index contributed by atoms with van der Waals surface area (Å²) < 4.78 is 37.1. The van der Waals surface area contributed by atoms with E-state index in [0.717, 1.165) is 11.8 Å². The van der Waals surface area contributed by atoms with Gasteiger partial charge in [-0.25, -0.2) is 23.2 Å². The molecule has 13 heteroatoms. The number of benzene rings is 3. The number of esters is 1. The first-order chi connectivity index (χ1) is 21.1. The summed E-state index contributed by atoms with van der Waals surface area (Å²) in [5, 5.41) is 4.92. The summed E-state index contributed by atoms with van der Waals surface area (Å²) in [6.45, 7) is 3.71. The molecule has 0 aliphatic carbocycles. The maximum atomic E-state index is 13.5. The van der Waals surface area contributed by atoms with E-state index in [2.05, 4.69) is 20.6 Å². The number of fused-ring (bicyclic) bond motifs is 1. The number of anilines is 2. The van der Waals surface area contributed by atoms with Crippen molar-refractivity contribution >= 4 is 61.6 Å². The largest absolute Gasteiger partial charge is 0.462 e. The number of aryl methyl sites for hydroxylation is 1. The van der Waals surface area contributed by atoms with Gasteiger partial charge in [0, 0.05) is 11.1 Å². The fraction of sp³-hybridized carbons (Fsp3) is 0.129. The maximum Gasteiger partial charge on any atom is 0.338 e. The Balaban J connectivity index is 1.43. The average Bonchev–Trinajstić information content (AvgIpc) is 3.37. The van der Waals surface area contributed by atoms with E-state index in [1.54, 1.807) is 62.4 Å². The minimum absolute atomic E-state index is 0.0187. The SMILES string of the molecule is CCOC(=O)c1ccc(NC(=O)c2oc3ccccc3c2NC(=O)c2nc(S(=O)(=O)Cc3ccccc3C)ncc2Cl)cc1. The van der Waals surface area contributed by atoms with Crippen molar-refractivity contribution in [3.05, 3.63) is 112 Å². The van der Waals surface area contributed by atoms with E-state index in [1.165, 1.54) is 24.3 Å². The Morgan fingerprint density at radius 2 is 1.64 bits per heavy atom. The monoisotopic (exact) mass is 632 g/mol. The highest BCUT2D eigenvalue weighted by molar-refractivity contribution is 7.90. The lowest BCUT2D eigenvalue weighted by Crippen LogP contribution is -2.20. The number of hydrogen-bond donors (Lipinski definition) is 2. The molecule has 2 aromatic heterocycles. The smallest absolute Gasteiger partial charge is 0.338 e. The zero-order valence-corrected chi connectivity index (χ0v) is 25.0. The number of sulfone groups is 1. The molecule has 0 aliphatic heterocycles. The molecule has 5 aromatic rings. The normalized spacial score (nSPS) is 11.2. The zero-order valence-electron chi connectivity index (χ0n) is 23.5. The van der Waals surface area contributed by atoms with Gasteiger partial charge in [-0.3, -0.25) is 9.59 Å². The second-order valence-corrected chi connectivity index (χ2v) is 11.8. The summed E-state index contributed by atoms with van der Waals surface area (Å²) in [5.41, 5.74) is 1.91. The first kappa shape index (κ1) is 30.4. The van der Waals surface area contributed by atoms with Crippen LogP contribution in [0, 0.1) is 6.92 Å². The van der Waals surface area contributed by atoms with E-state index >= 15 is 0 Å². The molecule has 0 fully saturated rings. The average molecular weight is 633 g/mol. The Kier molecular flexibility index (Phi) is 8.74. The number of nitrogens with zero attached hydrogens (tertiary/aromatic N) is 2. The van der Waals surface area contributed by atoms with Gasteiger partial charge in [-0.1, -0.05) is 48.0 Å². The fourth-order valence-electron chi connectivity index (χ4n) is 4.30. The van der Waals surface area contributed by atoms with Crippen LogP contribution >= 0.6 is 11.6 Å². The van der Waals surface area contributed by atoms with Crippen LogP contribution in [-0.4, -0.2) is 42.8 Å². The summed E-state index contributed by atoms with van der Waals surface area (Å²) in [5.74, 6) is -2.69. The number of rotatable bonds is 9. The summed E-state index contributed by atoms with van der Waals surface area (Å²) in [6, 6.07) is 19.7. The van der Waals surface area contributed by atoms with Gasteiger partial charge in [-0.05, 0) is 61.4 Å². The number of aromatic nitrogens is 2. The van der Waals surface area contributed by atoms with Crippen molar-refractivity contribution < 1.29 is 32.0 Å². The third kappa shape index (κ3) is 6.46. The molecule has 0 saturated carbocycles. The zero-order chi connectivity index (χ0) is 31.4. The third-order valence-corrected chi connectivity index (χ3v) is 8.24. The van der Waals surface area contributed by atoms with Gasteiger partial charge in [0.2, 0.25) is 20.8 Å². The van der Waals surface area contributed by atoms with Crippen LogP contribution in [0.5, 0.6) is 0 Å². The van der Waals surface area contributed by atoms with Crippen LogP contribution in [0.3, 0.4) is 0 Å². The van der Waals surface area contributed by atoms with Crippen LogP contribution in [0.4, 0.5) is 11.4 Å². The lowest BCUT2D eigenvalue weighted by molar-refractivity contribution is 0.0526. The number of carbonyl (C=O) groups is 3. The van der Waals surface area contributed by atoms with Crippen molar-refractivity contribution in [2.75, 3.05) is 17.2 Å². The van der Waals surface area contributed by atoms with Gasteiger partial charge in [0.25, 0.3) is 11.8 Å². The van der Waals surface area contributed by atoms with E-state index in [9.17, 15) is 22.8 Å². The minimum Gasteiger partial charge on any atom is -0.462 e. The van der Waals surface area contributed by atoms with Crippen LogP contribution in [0.1, 0.15) is 49.5 Å². The van der Waals surface area contributed by atoms with Crippen LogP contribution in [-0.2, 0) is 20.3 Å². The number of furan rings is 1. The molecule has 0 spiro atoms. The minimum atomic E-state index is -4.05. The quantitative estimate of drug-likeness (QED) is 0.150. The van der Waals surface area contributed by atoms with Gasteiger partial charge >= 0.3 is 5.97 Å². The highest BCUT2D eigenvalue weighted by atomic mass is 35.5. The van der Waals surface area contributed by atoms with Gasteiger partial charge in [0.05, 0.1) is 29.1 Å². The summed E-state index contributed by atoms with van der Waals surface area (Å²) in [7, 11) is -4.05. The van der Waals surface area contributed by atoms with Crippen molar-refractivity contribution in [3.8, 4) is 0 Å². The molecule has 11 nitrogen and oxygen atoms in total. The van der Waals surface area contributed by atoms with E-state index in [4.69, 9.17) is 20.8 Å². The molecule has 2 amide bonds. The third-order valence-electron chi connectivity index (χ3n) is 6.52. The molecule has 2 N–H and O–H groups in total. The predicted octanol–water partition coefficient (Wildman–Crippen LogP) is 5.84. The first-order valence-corrected chi connectivity index (χ1v) is 15.3. The first-order valence-electron chi connectivity index (χ1n) is 13.3. The molecule has 0 saturated heterocycles. The second-order valence-electron chi connectivity index (χ2n) is 9.54. The van der Waals surface area contributed by atoms with Gasteiger partial charge in [-0.2, -0.15) is 0 Å². The van der Waals surface area contributed by atoms with Gasteiger partial charge in [0.1, 0.15) is 11.3 Å².